The molecule has 1 aromatic rings. The summed E-state index contributed by atoms with van der Waals surface area (Å²) in [5.41, 5.74) is 1.27. The number of nitrogens with zero attached hydrogens (tertiary/aromatic N) is 3. The topological polar surface area (TPSA) is 60.9 Å². The molecule has 4 atom stereocenters. The van der Waals surface area contributed by atoms with Gasteiger partial charge in [-0.25, -0.2) is 0 Å². The van der Waals surface area contributed by atoms with E-state index in [1.165, 1.54) is 10.6 Å². The molecular formula is C23H29N3O3. The van der Waals surface area contributed by atoms with E-state index < -0.39 is 0 Å². The van der Waals surface area contributed by atoms with E-state index in [0.29, 0.717) is 13.0 Å². The zero-order valence-electron chi connectivity index (χ0n) is 16.8. The van der Waals surface area contributed by atoms with E-state index in [1.54, 1.807) is 0 Å². The van der Waals surface area contributed by atoms with Gasteiger partial charge >= 0.3 is 0 Å². The van der Waals surface area contributed by atoms with Gasteiger partial charge in [0, 0.05) is 50.7 Å². The fraction of sp³-hybridized carbons (Fsp3) is 0.609. The van der Waals surface area contributed by atoms with Crippen LogP contribution in [0.15, 0.2) is 30.3 Å². The lowest BCUT2D eigenvalue weighted by atomic mass is 9.59. The van der Waals surface area contributed by atoms with Crippen LogP contribution in [0.1, 0.15) is 25.7 Å². The van der Waals surface area contributed by atoms with Gasteiger partial charge in [0.05, 0.1) is 11.8 Å². The highest BCUT2D eigenvalue weighted by molar-refractivity contribution is 6.08. The Morgan fingerprint density at radius 1 is 0.828 bits per heavy atom. The number of piperazine rings is 1. The molecule has 0 N–H and O–H groups in total. The highest BCUT2D eigenvalue weighted by Gasteiger charge is 2.60. The highest BCUT2D eigenvalue weighted by Crippen LogP contribution is 2.51. The maximum absolute atomic E-state index is 12.9. The second-order valence-electron chi connectivity index (χ2n) is 9.01. The number of fused-ring (bicyclic) bond motifs is 2. The van der Waals surface area contributed by atoms with Crippen LogP contribution in [-0.4, -0.2) is 66.7 Å². The van der Waals surface area contributed by atoms with Crippen LogP contribution in [0.3, 0.4) is 0 Å². The molecule has 3 aliphatic carbocycles. The number of hydrogen-bond donors (Lipinski definition) is 0. The third kappa shape index (κ3) is 3.27. The van der Waals surface area contributed by atoms with E-state index in [1.807, 2.05) is 6.07 Å². The van der Waals surface area contributed by atoms with Gasteiger partial charge in [0.25, 0.3) is 0 Å². The average Bonchev–Trinajstić information content (AvgIpc) is 3.02. The zero-order valence-corrected chi connectivity index (χ0v) is 16.8. The molecule has 0 radical (unpaired) electrons. The fourth-order valence-electron chi connectivity index (χ4n) is 5.99. The first-order chi connectivity index (χ1) is 14.1. The third-order valence-electron chi connectivity index (χ3n) is 7.51. The first kappa shape index (κ1) is 18.8. The summed E-state index contributed by atoms with van der Waals surface area (Å²) in [5, 5.41) is 0. The molecule has 0 aromatic heterocycles. The summed E-state index contributed by atoms with van der Waals surface area (Å²) in [6, 6.07) is 10.5. The lowest BCUT2D eigenvalue weighted by Crippen LogP contribution is -2.47. The van der Waals surface area contributed by atoms with Gasteiger partial charge in [-0.3, -0.25) is 24.2 Å². The Balaban J connectivity index is 1.13. The summed E-state index contributed by atoms with van der Waals surface area (Å²) >= 11 is 0. The van der Waals surface area contributed by atoms with Gasteiger partial charge in [-0.05, 0) is 43.9 Å². The molecule has 2 bridgehead atoms. The van der Waals surface area contributed by atoms with Crippen LogP contribution in [0.5, 0.6) is 0 Å². The number of hydrogen-bond acceptors (Lipinski definition) is 5. The Morgan fingerprint density at radius 3 is 2.28 bits per heavy atom. The van der Waals surface area contributed by atoms with Crippen molar-refractivity contribution in [2.24, 2.45) is 23.7 Å². The molecule has 2 amide bonds. The predicted molar refractivity (Wildman–Crippen MR) is 109 cm³/mol. The number of para-hydroxylation sites is 1. The number of ketones is 1. The van der Waals surface area contributed by atoms with Crippen LogP contribution < -0.4 is 4.90 Å². The predicted octanol–water partition coefficient (Wildman–Crippen LogP) is 1.80. The molecular weight excluding hydrogens is 366 g/mol. The average molecular weight is 396 g/mol. The molecule has 1 aromatic carbocycles. The standard InChI is InChI=1S/C23H29N3O3/c27-19-15-16-7-8-18(19)21-20(16)22(28)26(23(21)29)10-4-9-24-11-13-25(14-12-24)17-5-2-1-3-6-17/h1-3,5-6,16,18,20-21H,4,7-15H2. The second kappa shape index (κ2) is 7.56. The van der Waals surface area contributed by atoms with Gasteiger partial charge in [-0.1, -0.05) is 18.2 Å². The Hall–Kier alpha value is -2.21. The van der Waals surface area contributed by atoms with Crippen molar-refractivity contribution in [1.82, 2.24) is 9.80 Å². The van der Waals surface area contributed by atoms with Crippen LogP contribution in [0.4, 0.5) is 5.69 Å². The molecule has 4 unspecified atom stereocenters. The molecule has 154 valence electrons. The van der Waals surface area contributed by atoms with Crippen molar-refractivity contribution >= 4 is 23.3 Å². The second-order valence-corrected chi connectivity index (χ2v) is 9.01. The lowest BCUT2D eigenvalue weighted by Gasteiger charge is -2.41. The maximum atomic E-state index is 12.9. The normalized spacial score (nSPS) is 32.2. The van der Waals surface area contributed by atoms with Gasteiger partial charge in [0.15, 0.2) is 0 Å². The number of anilines is 1. The van der Waals surface area contributed by atoms with Crippen molar-refractivity contribution in [1.29, 1.82) is 0 Å². The van der Waals surface area contributed by atoms with Gasteiger partial charge in [-0.2, -0.15) is 0 Å². The van der Waals surface area contributed by atoms with E-state index in [9.17, 15) is 14.4 Å². The lowest BCUT2D eigenvalue weighted by molar-refractivity contribution is -0.144. The number of imide groups is 1. The maximum Gasteiger partial charge on any atom is 0.233 e. The minimum Gasteiger partial charge on any atom is -0.369 e. The summed E-state index contributed by atoms with van der Waals surface area (Å²) in [7, 11) is 0. The van der Waals surface area contributed by atoms with E-state index >= 15 is 0 Å². The summed E-state index contributed by atoms with van der Waals surface area (Å²) in [4.78, 5) is 44.3. The van der Waals surface area contributed by atoms with Crippen molar-refractivity contribution in [2.45, 2.75) is 25.7 Å². The molecule has 29 heavy (non-hydrogen) atoms. The van der Waals surface area contributed by atoms with Crippen LogP contribution in [-0.2, 0) is 14.4 Å². The molecule has 3 saturated carbocycles. The molecule has 6 rings (SSSR count). The van der Waals surface area contributed by atoms with Gasteiger partial charge in [0.1, 0.15) is 5.78 Å². The minimum absolute atomic E-state index is 0.00361. The summed E-state index contributed by atoms with van der Waals surface area (Å²) in [6.07, 6.45) is 3.04. The number of likely N-dealkylation sites (tertiary alicyclic amines) is 1. The van der Waals surface area contributed by atoms with Gasteiger partial charge in [-0.15, -0.1) is 0 Å². The third-order valence-corrected chi connectivity index (χ3v) is 7.51. The number of rotatable bonds is 5. The molecule has 6 heteroatoms. The van der Waals surface area contributed by atoms with Crippen LogP contribution in [0.25, 0.3) is 0 Å². The highest BCUT2D eigenvalue weighted by atomic mass is 16.2. The molecule has 0 spiro atoms. The largest absolute Gasteiger partial charge is 0.369 e. The number of amides is 2. The fourth-order valence-corrected chi connectivity index (χ4v) is 5.99. The van der Waals surface area contributed by atoms with Gasteiger partial charge in [0.2, 0.25) is 11.8 Å². The Labute approximate surface area is 171 Å². The van der Waals surface area contributed by atoms with Crippen LogP contribution in [0.2, 0.25) is 0 Å². The van der Waals surface area contributed by atoms with Crippen molar-refractivity contribution in [3.8, 4) is 0 Å². The Morgan fingerprint density at radius 2 is 1.55 bits per heavy atom. The van der Waals surface area contributed by atoms with Crippen LogP contribution in [0, 0.1) is 23.7 Å². The van der Waals surface area contributed by atoms with E-state index in [0.717, 1.165) is 52.0 Å². The smallest absolute Gasteiger partial charge is 0.233 e. The van der Waals surface area contributed by atoms with E-state index in [2.05, 4.69) is 34.1 Å². The van der Waals surface area contributed by atoms with Crippen molar-refractivity contribution in [3.63, 3.8) is 0 Å². The molecule has 6 nitrogen and oxygen atoms in total. The summed E-state index contributed by atoms with van der Waals surface area (Å²) in [5.74, 6) is -0.526. The molecule has 5 aliphatic rings. The molecule has 2 heterocycles. The molecule has 2 aliphatic heterocycles. The number of carbonyl (C=O) groups excluding carboxylic acids is 3. The first-order valence-electron chi connectivity index (χ1n) is 11.0. The summed E-state index contributed by atoms with van der Waals surface area (Å²) < 4.78 is 0. The number of carbonyl (C=O) groups is 3. The van der Waals surface area contributed by atoms with Gasteiger partial charge < -0.3 is 4.90 Å². The molecule has 5 fully saturated rings. The van der Waals surface area contributed by atoms with Crippen molar-refractivity contribution in [3.05, 3.63) is 30.3 Å². The van der Waals surface area contributed by atoms with Crippen LogP contribution >= 0.6 is 0 Å². The zero-order chi connectivity index (χ0) is 20.0. The Kier molecular flexibility index (Phi) is 4.90. The first-order valence-corrected chi connectivity index (χ1v) is 11.0. The van der Waals surface area contributed by atoms with Crippen molar-refractivity contribution < 1.29 is 14.4 Å². The minimum atomic E-state index is -0.350. The quantitative estimate of drug-likeness (QED) is 0.712. The summed E-state index contributed by atoms with van der Waals surface area (Å²) in [6.45, 7) is 5.40. The number of benzene rings is 1. The monoisotopic (exact) mass is 395 g/mol. The SMILES string of the molecule is O=C1CC2CCC1C1C(=O)N(CCCN3CCN(c4ccccc4)CC3)C(=O)C21. The Bertz CT molecular complexity index is 803. The van der Waals surface area contributed by atoms with Crippen molar-refractivity contribution in [2.75, 3.05) is 44.2 Å². The van der Waals surface area contributed by atoms with E-state index in [4.69, 9.17) is 0 Å². The van der Waals surface area contributed by atoms with E-state index in [-0.39, 0.29) is 41.3 Å². The number of Topliss-reactive ketones (excluding diaryl/α,β-unsaturated/α-hetero) is 1. The molecule has 2 saturated heterocycles.